The van der Waals surface area contributed by atoms with Gasteiger partial charge in [0.15, 0.2) is 0 Å². The van der Waals surface area contributed by atoms with Gasteiger partial charge in [-0.05, 0) is 23.3 Å². The molecule has 6 N–H and O–H groups in total. The molecule has 0 saturated heterocycles. The largest absolute Gasteiger partial charge is 0.417 e. The van der Waals surface area contributed by atoms with Crippen LogP contribution in [0.4, 0.5) is 23.7 Å². The molecule has 0 aromatic heterocycles. The fourth-order valence-corrected chi connectivity index (χ4v) is 2.30. The molecule has 2 aromatic rings. The first-order valence-electron chi connectivity index (χ1n) is 6.62. The van der Waals surface area contributed by atoms with E-state index in [0.29, 0.717) is 0 Å². The van der Waals surface area contributed by atoms with E-state index in [1.807, 2.05) is 5.43 Å². The predicted molar refractivity (Wildman–Crippen MR) is 81.7 cm³/mol. The van der Waals surface area contributed by atoms with E-state index in [0.717, 1.165) is 6.07 Å². The average molecular weight is 338 g/mol. The topological polar surface area (TPSA) is 110 Å². The van der Waals surface area contributed by atoms with Gasteiger partial charge in [-0.3, -0.25) is 10.2 Å². The van der Waals surface area contributed by atoms with E-state index in [-0.39, 0.29) is 22.4 Å². The van der Waals surface area contributed by atoms with Gasteiger partial charge < -0.3 is 11.1 Å². The molecule has 0 aliphatic rings. The molecule has 0 fully saturated rings. The van der Waals surface area contributed by atoms with Gasteiger partial charge in [0.1, 0.15) is 0 Å². The Morgan fingerprint density at radius 3 is 2.17 bits per heavy atom. The highest BCUT2D eigenvalue weighted by atomic mass is 19.4. The molecule has 126 valence electrons. The third kappa shape index (κ3) is 3.46. The third-order valence-corrected chi connectivity index (χ3v) is 3.20. The van der Waals surface area contributed by atoms with Crippen molar-refractivity contribution in [1.82, 2.24) is 5.43 Å². The van der Waals surface area contributed by atoms with Crippen LogP contribution in [0.25, 0.3) is 11.1 Å². The maximum absolute atomic E-state index is 13.2. The Morgan fingerprint density at radius 1 is 0.958 bits per heavy atom. The number of hydrazine groups is 1. The van der Waals surface area contributed by atoms with Crippen LogP contribution >= 0.6 is 0 Å². The molecule has 0 bridgehead atoms. The summed E-state index contributed by atoms with van der Waals surface area (Å²) in [5, 5.41) is 2.20. The zero-order chi connectivity index (χ0) is 17.9. The first kappa shape index (κ1) is 17.3. The average Bonchev–Trinajstić information content (AvgIpc) is 2.52. The number of hydrogen-bond donors (Lipinski definition) is 4. The molecule has 24 heavy (non-hydrogen) atoms. The Hall–Kier alpha value is -3.07. The number of urea groups is 1. The Morgan fingerprint density at radius 2 is 1.58 bits per heavy atom. The fourth-order valence-electron chi connectivity index (χ4n) is 2.30. The van der Waals surface area contributed by atoms with Gasteiger partial charge in [-0.2, -0.15) is 13.2 Å². The van der Waals surface area contributed by atoms with Crippen molar-refractivity contribution in [3.05, 3.63) is 53.6 Å². The van der Waals surface area contributed by atoms with Crippen molar-refractivity contribution in [2.75, 3.05) is 5.32 Å². The van der Waals surface area contributed by atoms with Gasteiger partial charge in [0.2, 0.25) is 0 Å². The minimum absolute atomic E-state index is 0.0443. The van der Waals surface area contributed by atoms with Crippen LogP contribution in [0.5, 0.6) is 0 Å². The normalized spacial score (nSPS) is 11.0. The summed E-state index contributed by atoms with van der Waals surface area (Å²) in [5.41, 5.74) is 5.41. The molecule has 6 nitrogen and oxygen atoms in total. The lowest BCUT2D eigenvalue weighted by atomic mass is 9.93. The number of anilines is 1. The lowest BCUT2D eigenvalue weighted by Gasteiger charge is -2.17. The molecule has 0 unspecified atom stereocenters. The van der Waals surface area contributed by atoms with Crippen molar-refractivity contribution in [3.63, 3.8) is 0 Å². The molecule has 2 rings (SSSR count). The number of nitrogen functional groups attached to an aromatic ring is 1. The minimum atomic E-state index is -4.62. The highest BCUT2D eigenvalue weighted by Gasteiger charge is 2.34. The molecule has 0 atom stereocenters. The molecular weight excluding hydrogens is 325 g/mol. The lowest BCUT2D eigenvalue weighted by molar-refractivity contribution is -0.137. The number of carbonyl (C=O) groups excluding carboxylic acids is 2. The number of carbonyl (C=O) groups is 2. The number of nitrogens with one attached hydrogen (secondary N) is 2. The van der Waals surface area contributed by atoms with Crippen molar-refractivity contribution < 1.29 is 22.8 Å². The number of hydrogen-bond acceptors (Lipinski definition) is 3. The minimum Gasteiger partial charge on any atom is -0.351 e. The first-order chi connectivity index (χ1) is 11.3. The lowest BCUT2D eigenvalue weighted by Crippen LogP contribution is -2.32. The Bertz CT molecular complexity index is 791. The molecule has 9 heteroatoms. The maximum atomic E-state index is 13.2. The Labute approximate surface area is 134 Å². The molecule has 0 aliphatic heterocycles. The summed E-state index contributed by atoms with van der Waals surface area (Å²) in [6.45, 7) is 0. The summed E-state index contributed by atoms with van der Waals surface area (Å²) < 4.78 is 39.7. The number of amides is 3. The summed E-state index contributed by atoms with van der Waals surface area (Å²) in [6, 6.07) is 7.83. The second-order valence-corrected chi connectivity index (χ2v) is 4.73. The van der Waals surface area contributed by atoms with Gasteiger partial charge in [-0.25, -0.2) is 10.6 Å². The SMILES string of the molecule is NNC(=O)c1c(NC(N)=O)cccc1-c1ccccc1C(F)(F)F. The zero-order valence-electron chi connectivity index (χ0n) is 12.1. The summed E-state index contributed by atoms with van der Waals surface area (Å²) in [6.07, 6.45) is -4.62. The van der Waals surface area contributed by atoms with Crippen LogP contribution in [-0.4, -0.2) is 11.9 Å². The van der Waals surface area contributed by atoms with Crippen LogP contribution in [0.1, 0.15) is 15.9 Å². The summed E-state index contributed by atoms with van der Waals surface area (Å²) in [5.74, 6) is 4.24. The van der Waals surface area contributed by atoms with Crippen molar-refractivity contribution in [1.29, 1.82) is 0 Å². The second-order valence-electron chi connectivity index (χ2n) is 4.73. The molecular formula is C15H13F3N4O2. The molecule has 0 radical (unpaired) electrons. The quantitative estimate of drug-likeness (QED) is 0.392. The zero-order valence-corrected chi connectivity index (χ0v) is 12.1. The van der Waals surface area contributed by atoms with Crippen LogP contribution in [0.2, 0.25) is 0 Å². The van der Waals surface area contributed by atoms with E-state index in [4.69, 9.17) is 11.6 Å². The van der Waals surface area contributed by atoms with Crippen LogP contribution in [0.15, 0.2) is 42.5 Å². The maximum Gasteiger partial charge on any atom is 0.417 e. The molecule has 0 spiro atoms. The molecule has 0 heterocycles. The van der Waals surface area contributed by atoms with Gasteiger partial charge in [0.05, 0.1) is 16.8 Å². The number of primary amides is 1. The van der Waals surface area contributed by atoms with Crippen molar-refractivity contribution in [2.45, 2.75) is 6.18 Å². The number of alkyl halides is 3. The van der Waals surface area contributed by atoms with Crippen molar-refractivity contribution in [3.8, 4) is 11.1 Å². The number of halogens is 3. The van der Waals surface area contributed by atoms with Crippen LogP contribution in [-0.2, 0) is 6.18 Å². The monoisotopic (exact) mass is 338 g/mol. The molecule has 0 saturated carbocycles. The third-order valence-electron chi connectivity index (χ3n) is 3.20. The first-order valence-corrected chi connectivity index (χ1v) is 6.62. The number of benzene rings is 2. The van der Waals surface area contributed by atoms with Crippen LogP contribution in [0.3, 0.4) is 0 Å². The van der Waals surface area contributed by atoms with Crippen molar-refractivity contribution >= 4 is 17.6 Å². The molecule has 2 aromatic carbocycles. The summed E-state index contributed by atoms with van der Waals surface area (Å²) in [7, 11) is 0. The fraction of sp³-hybridized carbons (Fsp3) is 0.0667. The summed E-state index contributed by atoms with van der Waals surface area (Å²) >= 11 is 0. The Balaban J connectivity index is 2.76. The predicted octanol–water partition coefficient (Wildman–Crippen LogP) is 2.47. The van der Waals surface area contributed by atoms with E-state index >= 15 is 0 Å². The van der Waals surface area contributed by atoms with E-state index < -0.39 is 23.7 Å². The number of rotatable bonds is 3. The van der Waals surface area contributed by atoms with E-state index in [1.54, 1.807) is 0 Å². The van der Waals surface area contributed by atoms with Crippen LogP contribution < -0.4 is 22.3 Å². The smallest absolute Gasteiger partial charge is 0.351 e. The standard InChI is InChI=1S/C15H13F3N4O2/c16-15(17,18)10-6-2-1-4-8(10)9-5-3-7-11(21-14(19)24)12(9)13(23)22-20/h1-7H,20H2,(H,22,23)(H3,19,21,24). The summed E-state index contributed by atoms with van der Waals surface area (Å²) in [4.78, 5) is 23.1. The van der Waals surface area contributed by atoms with Gasteiger partial charge >= 0.3 is 12.2 Å². The molecule has 3 amide bonds. The van der Waals surface area contributed by atoms with Crippen LogP contribution in [0, 0.1) is 0 Å². The second kappa shape index (κ2) is 6.59. The molecule has 0 aliphatic carbocycles. The van der Waals surface area contributed by atoms with Gasteiger partial charge in [0, 0.05) is 0 Å². The van der Waals surface area contributed by atoms with Gasteiger partial charge in [-0.15, -0.1) is 0 Å². The number of nitrogens with two attached hydrogens (primary N) is 2. The van der Waals surface area contributed by atoms with Gasteiger partial charge in [-0.1, -0.05) is 30.3 Å². The van der Waals surface area contributed by atoms with Gasteiger partial charge in [0.25, 0.3) is 5.91 Å². The van der Waals surface area contributed by atoms with E-state index in [2.05, 4.69) is 5.32 Å². The highest BCUT2D eigenvalue weighted by molar-refractivity contribution is 6.08. The van der Waals surface area contributed by atoms with E-state index in [9.17, 15) is 22.8 Å². The Kier molecular flexibility index (Phi) is 4.74. The van der Waals surface area contributed by atoms with Crippen molar-refractivity contribution in [2.24, 2.45) is 11.6 Å². The highest BCUT2D eigenvalue weighted by Crippen LogP contribution is 2.39. The van der Waals surface area contributed by atoms with E-state index in [1.165, 1.54) is 36.4 Å².